The van der Waals surface area contributed by atoms with Crippen molar-refractivity contribution in [1.82, 2.24) is 0 Å². The van der Waals surface area contributed by atoms with Crippen LogP contribution in [-0.4, -0.2) is 16.6 Å². The maximum atomic E-state index is 11.2. The Kier molecular flexibility index (Phi) is 2.31. The fourth-order valence-corrected chi connectivity index (χ4v) is 2.38. The van der Waals surface area contributed by atoms with E-state index >= 15 is 0 Å². The maximum absolute atomic E-state index is 11.2. The molecule has 1 atom stereocenters. The number of carboxylic acids is 1. The molecule has 1 aromatic rings. The molecule has 0 bridgehead atoms. The van der Waals surface area contributed by atoms with Crippen LogP contribution in [0.3, 0.4) is 0 Å². The van der Waals surface area contributed by atoms with Crippen molar-refractivity contribution in [3.63, 3.8) is 0 Å². The lowest BCUT2D eigenvalue weighted by Gasteiger charge is -2.31. The van der Waals surface area contributed by atoms with Crippen LogP contribution in [0.2, 0.25) is 0 Å². The highest BCUT2D eigenvalue weighted by molar-refractivity contribution is 5.82. The zero-order chi connectivity index (χ0) is 12.0. The van der Waals surface area contributed by atoms with E-state index in [4.69, 9.17) is 5.73 Å². The van der Waals surface area contributed by atoms with Gasteiger partial charge in [0.1, 0.15) is 5.54 Å². The predicted octanol–water partition coefficient (Wildman–Crippen LogP) is 1.83. The minimum atomic E-state index is -1.18. The molecular formula is C13H17NO2. The molecule has 2 rings (SSSR count). The molecule has 1 aliphatic carbocycles. The second kappa shape index (κ2) is 3.32. The van der Waals surface area contributed by atoms with Crippen LogP contribution < -0.4 is 5.73 Å². The molecular weight excluding hydrogens is 202 g/mol. The minimum Gasteiger partial charge on any atom is -0.480 e. The van der Waals surface area contributed by atoms with E-state index in [0.717, 1.165) is 24.0 Å². The van der Waals surface area contributed by atoms with Gasteiger partial charge in [-0.1, -0.05) is 29.8 Å². The second-order valence-electron chi connectivity index (χ2n) is 4.96. The van der Waals surface area contributed by atoms with Gasteiger partial charge in [0.15, 0.2) is 0 Å². The van der Waals surface area contributed by atoms with Gasteiger partial charge < -0.3 is 10.8 Å². The molecule has 0 spiro atoms. The number of hydrogen-bond donors (Lipinski definition) is 2. The van der Waals surface area contributed by atoms with E-state index in [1.54, 1.807) is 6.92 Å². The molecule has 0 aliphatic heterocycles. The summed E-state index contributed by atoms with van der Waals surface area (Å²) in [6.45, 7) is 3.62. The highest BCUT2D eigenvalue weighted by atomic mass is 16.4. The summed E-state index contributed by atoms with van der Waals surface area (Å²) in [5.41, 5.74) is 6.63. The molecule has 3 nitrogen and oxygen atoms in total. The van der Waals surface area contributed by atoms with Crippen LogP contribution in [-0.2, 0) is 10.2 Å². The normalized spacial score (nSPS) is 21.2. The largest absolute Gasteiger partial charge is 0.480 e. The Morgan fingerprint density at radius 2 is 2.12 bits per heavy atom. The van der Waals surface area contributed by atoms with Crippen LogP contribution in [0.25, 0.3) is 0 Å². The Balaban J connectivity index is 2.44. The average molecular weight is 219 g/mol. The van der Waals surface area contributed by atoms with Gasteiger partial charge in [0, 0.05) is 5.41 Å². The van der Waals surface area contributed by atoms with E-state index in [-0.39, 0.29) is 5.41 Å². The van der Waals surface area contributed by atoms with E-state index < -0.39 is 11.5 Å². The van der Waals surface area contributed by atoms with Gasteiger partial charge >= 0.3 is 5.97 Å². The van der Waals surface area contributed by atoms with Gasteiger partial charge in [-0.25, -0.2) is 0 Å². The zero-order valence-electron chi connectivity index (χ0n) is 9.66. The monoisotopic (exact) mass is 219 g/mol. The van der Waals surface area contributed by atoms with Gasteiger partial charge in [0.05, 0.1) is 0 Å². The topological polar surface area (TPSA) is 63.3 Å². The smallest absolute Gasteiger partial charge is 0.324 e. The van der Waals surface area contributed by atoms with Gasteiger partial charge in [-0.15, -0.1) is 0 Å². The minimum absolute atomic E-state index is 0.370. The van der Waals surface area contributed by atoms with E-state index in [1.807, 2.05) is 31.2 Å². The summed E-state index contributed by atoms with van der Waals surface area (Å²) in [5, 5.41) is 9.22. The average Bonchev–Trinajstić information content (AvgIpc) is 2.98. The van der Waals surface area contributed by atoms with Crippen molar-refractivity contribution in [1.29, 1.82) is 0 Å². The highest BCUT2D eigenvalue weighted by Crippen LogP contribution is 2.54. The van der Waals surface area contributed by atoms with Gasteiger partial charge in [-0.3, -0.25) is 4.79 Å². The number of carbonyl (C=O) groups is 1. The number of rotatable bonds is 3. The summed E-state index contributed by atoms with van der Waals surface area (Å²) in [5.74, 6) is -0.925. The van der Waals surface area contributed by atoms with Crippen molar-refractivity contribution >= 4 is 5.97 Å². The summed E-state index contributed by atoms with van der Waals surface area (Å²) < 4.78 is 0. The van der Waals surface area contributed by atoms with Gasteiger partial charge in [0.25, 0.3) is 0 Å². The van der Waals surface area contributed by atoms with Crippen LogP contribution in [0.15, 0.2) is 24.3 Å². The van der Waals surface area contributed by atoms with Gasteiger partial charge in [-0.2, -0.15) is 0 Å². The molecule has 3 heteroatoms. The van der Waals surface area contributed by atoms with Crippen LogP contribution in [0.1, 0.15) is 30.9 Å². The van der Waals surface area contributed by atoms with Gasteiger partial charge in [-0.05, 0) is 32.3 Å². The molecule has 16 heavy (non-hydrogen) atoms. The Labute approximate surface area is 95.3 Å². The molecule has 0 radical (unpaired) electrons. The molecule has 1 fully saturated rings. The predicted molar refractivity (Wildman–Crippen MR) is 62.3 cm³/mol. The fourth-order valence-electron chi connectivity index (χ4n) is 2.38. The first-order valence-corrected chi connectivity index (χ1v) is 5.49. The lowest BCUT2D eigenvalue weighted by Crippen LogP contribution is -2.55. The lowest BCUT2D eigenvalue weighted by atomic mass is 9.77. The number of benzene rings is 1. The number of nitrogens with two attached hydrogens (primary N) is 1. The van der Waals surface area contributed by atoms with E-state index in [1.165, 1.54) is 0 Å². The summed E-state index contributed by atoms with van der Waals surface area (Å²) in [4.78, 5) is 11.2. The van der Waals surface area contributed by atoms with Crippen LogP contribution in [0.4, 0.5) is 0 Å². The molecule has 0 heterocycles. The summed E-state index contributed by atoms with van der Waals surface area (Å²) in [7, 11) is 0. The number of hydrogen-bond acceptors (Lipinski definition) is 2. The Morgan fingerprint density at radius 3 is 2.56 bits per heavy atom. The molecule has 1 aliphatic rings. The summed E-state index contributed by atoms with van der Waals surface area (Å²) >= 11 is 0. The van der Waals surface area contributed by atoms with E-state index in [0.29, 0.717) is 0 Å². The first-order chi connectivity index (χ1) is 7.40. The Bertz CT molecular complexity index is 433. The first kappa shape index (κ1) is 11.1. The van der Waals surface area contributed by atoms with Crippen LogP contribution in [0.5, 0.6) is 0 Å². The van der Waals surface area contributed by atoms with Gasteiger partial charge in [0.2, 0.25) is 0 Å². The van der Waals surface area contributed by atoms with Crippen molar-refractivity contribution in [2.75, 3.05) is 0 Å². The van der Waals surface area contributed by atoms with Crippen molar-refractivity contribution in [2.45, 2.75) is 37.6 Å². The molecule has 0 amide bonds. The SMILES string of the molecule is Cc1cccc(C2(C(C)(N)C(=O)O)CC2)c1. The summed E-state index contributed by atoms with van der Waals surface area (Å²) in [6.07, 6.45) is 1.71. The maximum Gasteiger partial charge on any atom is 0.324 e. The van der Waals surface area contributed by atoms with Crippen molar-refractivity contribution in [3.05, 3.63) is 35.4 Å². The Hall–Kier alpha value is -1.35. The third kappa shape index (κ3) is 1.43. The molecule has 86 valence electrons. The Morgan fingerprint density at radius 1 is 1.50 bits per heavy atom. The zero-order valence-corrected chi connectivity index (χ0v) is 9.66. The van der Waals surface area contributed by atoms with Crippen LogP contribution in [0, 0.1) is 6.92 Å². The molecule has 1 saturated carbocycles. The summed E-state index contributed by atoms with van der Waals surface area (Å²) in [6, 6.07) is 7.99. The molecule has 0 aromatic heterocycles. The number of aryl methyl sites for hydroxylation is 1. The highest BCUT2D eigenvalue weighted by Gasteiger charge is 2.60. The lowest BCUT2D eigenvalue weighted by molar-refractivity contribution is -0.144. The third-order valence-electron chi connectivity index (χ3n) is 3.76. The quantitative estimate of drug-likeness (QED) is 0.815. The molecule has 1 aromatic carbocycles. The molecule has 3 N–H and O–H groups in total. The molecule has 0 saturated heterocycles. The fraction of sp³-hybridized carbons (Fsp3) is 0.462. The number of carboxylic acid groups (broad SMARTS) is 1. The second-order valence-corrected chi connectivity index (χ2v) is 4.96. The van der Waals surface area contributed by atoms with Crippen molar-refractivity contribution in [2.24, 2.45) is 5.73 Å². The van der Waals surface area contributed by atoms with E-state index in [2.05, 4.69) is 0 Å². The number of aliphatic carboxylic acids is 1. The van der Waals surface area contributed by atoms with Crippen molar-refractivity contribution in [3.8, 4) is 0 Å². The standard InChI is InChI=1S/C13H17NO2/c1-9-4-3-5-10(8-9)13(6-7-13)12(2,14)11(15)16/h3-5,8H,6-7,14H2,1-2H3,(H,15,16). The van der Waals surface area contributed by atoms with Crippen molar-refractivity contribution < 1.29 is 9.90 Å². The third-order valence-corrected chi connectivity index (χ3v) is 3.76. The molecule has 1 unspecified atom stereocenters. The van der Waals surface area contributed by atoms with E-state index in [9.17, 15) is 9.90 Å². The first-order valence-electron chi connectivity index (χ1n) is 5.49. The van der Waals surface area contributed by atoms with Crippen LogP contribution >= 0.6 is 0 Å².